The Morgan fingerprint density at radius 1 is 1.00 bits per heavy atom. The van der Waals surface area contributed by atoms with E-state index in [4.69, 9.17) is 30.8 Å². The van der Waals surface area contributed by atoms with Crippen LogP contribution in [0.3, 0.4) is 0 Å². The summed E-state index contributed by atoms with van der Waals surface area (Å²) in [6.07, 6.45) is 7.05. The van der Waals surface area contributed by atoms with Crippen molar-refractivity contribution in [2.45, 2.75) is 117 Å². The minimum atomic E-state index is -1.02. The van der Waals surface area contributed by atoms with Crippen LogP contribution in [-0.2, 0) is 25.6 Å². The molecule has 4 aliphatic rings. The molecule has 2 bridgehead atoms. The third-order valence-corrected chi connectivity index (χ3v) is 10.9. The zero-order valence-electron chi connectivity index (χ0n) is 29.5. The van der Waals surface area contributed by atoms with Gasteiger partial charge in [-0.25, -0.2) is 9.59 Å². The molecule has 1 aromatic carbocycles. The number of amides is 2. The molecule has 1 aromatic heterocycles. The number of carbonyl (C=O) groups is 3. The Kier molecular flexibility index (Phi) is 9.54. The molecule has 0 spiro atoms. The summed E-state index contributed by atoms with van der Waals surface area (Å²) >= 11 is 6.28. The van der Waals surface area contributed by atoms with Gasteiger partial charge in [0.15, 0.2) is 0 Å². The summed E-state index contributed by atoms with van der Waals surface area (Å²) in [7, 11) is 0. The van der Waals surface area contributed by atoms with Crippen molar-refractivity contribution in [3.8, 4) is 6.01 Å². The molecule has 266 valence electrons. The molecular formula is C37H49ClN4O7. The number of hydrogen-bond donors (Lipinski definition) is 1. The molecule has 1 saturated heterocycles. The first kappa shape index (κ1) is 35.2. The zero-order valence-corrected chi connectivity index (χ0v) is 30.3. The maximum Gasteiger partial charge on any atom is 0.408 e. The highest BCUT2D eigenvalue weighted by molar-refractivity contribution is 6.31. The number of aromatic nitrogens is 2. The first-order valence-corrected chi connectivity index (χ1v) is 17.9. The van der Waals surface area contributed by atoms with Gasteiger partial charge in [-0.1, -0.05) is 51.4 Å². The van der Waals surface area contributed by atoms with Gasteiger partial charge in [0, 0.05) is 17.5 Å². The van der Waals surface area contributed by atoms with E-state index in [1.54, 1.807) is 39.0 Å². The van der Waals surface area contributed by atoms with Gasteiger partial charge in [0.2, 0.25) is 5.91 Å². The van der Waals surface area contributed by atoms with Crippen LogP contribution in [0.2, 0.25) is 5.02 Å². The number of allylic oxidation sites excluding steroid dienone is 2. The van der Waals surface area contributed by atoms with E-state index in [2.05, 4.69) is 11.4 Å². The molecule has 49 heavy (non-hydrogen) atoms. The van der Waals surface area contributed by atoms with Gasteiger partial charge in [0.05, 0.1) is 17.4 Å². The minimum absolute atomic E-state index is 0.000564. The van der Waals surface area contributed by atoms with Gasteiger partial charge < -0.3 is 24.4 Å². The summed E-state index contributed by atoms with van der Waals surface area (Å²) in [5, 5.41) is 3.73. The molecule has 11 nitrogen and oxygen atoms in total. The number of ether oxygens (including phenoxy) is 3. The molecule has 0 unspecified atom stereocenters. The largest absolute Gasteiger partial charge is 0.459 e. The lowest BCUT2D eigenvalue weighted by Crippen LogP contribution is -2.58. The van der Waals surface area contributed by atoms with Gasteiger partial charge in [-0.2, -0.15) is 4.98 Å². The Hall–Kier alpha value is -3.60. The number of nitrogens with zero attached hydrogens (tertiary/aromatic N) is 3. The Bertz CT molecular complexity index is 1710. The number of rotatable bonds is 1. The fourth-order valence-corrected chi connectivity index (χ4v) is 8.19. The smallest absolute Gasteiger partial charge is 0.408 e. The number of nitrogens with one attached hydrogen (secondary N) is 1. The molecule has 2 aromatic rings. The summed E-state index contributed by atoms with van der Waals surface area (Å²) in [5.41, 5.74) is -1.44. The van der Waals surface area contributed by atoms with Gasteiger partial charge in [0.1, 0.15) is 29.9 Å². The third kappa shape index (κ3) is 7.19. The number of benzene rings is 1. The van der Waals surface area contributed by atoms with Crippen molar-refractivity contribution >= 4 is 40.5 Å². The van der Waals surface area contributed by atoms with Crippen molar-refractivity contribution in [2.24, 2.45) is 29.1 Å². The van der Waals surface area contributed by atoms with E-state index in [-0.39, 0.29) is 36.7 Å². The predicted octanol–water partition coefficient (Wildman–Crippen LogP) is 5.89. The molecule has 8 atom stereocenters. The monoisotopic (exact) mass is 696 g/mol. The Labute approximate surface area is 292 Å². The first-order chi connectivity index (χ1) is 23.0. The van der Waals surface area contributed by atoms with Crippen LogP contribution in [0.5, 0.6) is 6.01 Å². The zero-order chi connectivity index (χ0) is 35.4. The normalized spacial score (nSPS) is 31.6. The SMILES string of the molecule is C[C@@H]1[C@@H]2CN(C(=O)[C@H](C(C)(C)C)NC(=O)O[C@@H]3C[C@@H]4CC[C@@H]4[C@H]3CC/C=C/Cn3c(nc4cc(Cl)ccc4c3=O)O2)[C@@H]1C(=O)OC(C)(C)C. The maximum absolute atomic E-state index is 14.6. The Morgan fingerprint density at radius 3 is 2.43 bits per heavy atom. The number of hydrogen-bond acceptors (Lipinski definition) is 8. The Balaban J connectivity index is 1.43. The fourth-order valence-electron chi connectivity index (χ4n) is 8.02. The van der Waals surface area contributed by atoms with Crippen LogP contribution < -0.4 is 15.6 Å². The van der Waals surface area contributed by atoms with Gasteiger partial charge in [-0.3, -0.25) is 14.2 Å². The number of esters is 1. The van der Waals surface area contributed by atoms with Gasteiger partial charge in [-0.15, -0.1) is 0 Å². The number of halogens is 1. The van der Waals surface area contributed by atoms with E-state index >= 15 is 0 Å². The molecule has 2 saturated carbocycles. The van der Waals surface area contributed by atoms with E-state index in [9.17, 15) is 19.2 Å². The average Bonchev–Trinajstić information content (AvgIpc) is 3.42. The van der Waals surface area contributed by atoms with Crippen molar-refractivity contribution in [3.63, 3.8) is 0 Å². The second-order valence-corrected chi connectivity index (χ2v) is 16.7. The summed E-state index contributed by atoms with van der Waals surface area (Å²) < 4.78 is 19.9. The lowest BCUT2D eigenvalue weighted by atomic mass is 9.71. The van der Waals surface area contributed by atoms with E-state index < -0.39 is 53.1 Å². The number of alkyl carbamates (subject to hydrolysis) is 1. The van der Waals surface area contributed by atoms with Crippen molar-refractivity contribution < 1.29 is 28.6 Å². The molecule has 2 amide bonds. The van der Waals surface area contributed by atoms with Crippen LogP contribution in [0, 0.1) is 29.1 Å². The van der Waals surface area contributed by atoms with Crippen molar-refractivity contribution in [2.75, 3.05) is 6.54 Å². The molecular weight excluding hydrogens is 648 g/mol. The predicted molar refractivity (Wildman–Crippen MR) is 185 cm³/mol. The lowest BCUT2D eigenvalue weighted by Gasteiger charge is -2.36. The standard InChI is InChI=1S/C37H49ClN4O7/c1-20-28-19-42(29(20)33(45)49-37(5,6)7)32(44)30(36(2,3)4)40-35(46)48-27-17-21-12-14-23(21)24(27)11-9-8-10-16-41-31(43)25-15-13-22(38)18-26(25)39-34(41)47-28/h8,10,13,15,18,20-21,23-24,27-30H,9,11-12,14,16-17,19H2,1-7H3,(H,40,46)/b10-8+/t20-,21+,23+,24-,27-,28+,29+,30-/m1/s1. The van der Waals surface area contributed by atoms with Crippen LogP contribution in [0.15, 0.2) is 35.1 Å². The molecule has 2 aliphatic heterocycles. The molecule has 12 heteroatoms. The van der Waals surface area contributed by atoms with Crippen molar-refractivity contribution in [1.82, 2.24) is 19.8 Å². The second kappa shape index (κ2) is 13.3. The van der Waals surface area contributed by atoms with Crippen LogP contribution in [0.25, 0.3) is 10.9 Å². The Morgan fingerprint density at radius 2 is 1.76 bits per heavy atom. The number of carbonyl (C=O) groups excluding carboxylic acids is 3. The quantitative estimate of drug-likeness (QED) is 0.289. The van der Waals surface area contributed by atoms with E-state index in [0.717, 1.165) is 32.1 Å². The van der Waals surface area contributed by atoms with Crippen LogP contribution in [-0.4, -0.2) is 68.9 Å². The summed E-state index contributed by atoms with van der Waals surface area (Å²) in [4.78, 5) is 62.0. The third-order valence-electron chi connectivity index (χ3n) is 10.7. The van der Waals surface area contributed by atoms with Gasteiger partial charge >= 0.3 is 12.1 Å². The van der Waals surface area contributed by atoms with Crippen LogP contribution >= 0.6 is 11.6 Å². The summed E-state index contributed by atoms with van der Waals surface area (Å²) in [6.45, 7) is 12.9. The maximum atomic E-state index is 14.6. The molecule has 3 heterocycles. The highest BCUT2D eigenvalue weighted by Gasteiger charge is 2.52. The average molecular weight is 697 g/mol. The molecule has 1 N–H and O–H groups in total. The minimum Gasteiger partial charge on any atom is -0.459 e. The van der Waals surface area contributed by atoms with Gasteiger partial charge in [-0.05, 0) is 94.2 Å². The summed E-state index contributed by atoms with van der Waals surface area (Å²) in [6, 6.07) is 2.97. The molecule has 0 radical (unpaired) electrons. The molecule has 2 aliphatic carbocycles. The van der Waals surface area contributed by atoms with Gasteiger partial charge in [0.25, 0.3) is 11.6 Å². The van der Waals surface area contributed by atoms with Crippen LogP contribution in [0.1, 0.15) is 80.6 Å². The topological polar surface area (TPSA) is 129 Å². The fraction of sp³-hybridized carbons (Fsp3) is 0.649. The van der Waals surface area contributed by atoms with E-state index in [1.165, 1.54) is 9.47 Å². The molecule has 3 fully saturated rings. The highest BCUT2D eigenvalue weighted by Crippen LogP contribution is 2.53. The lowest BCUT2D eigenvalue weighted by molar-refractivity contribution is -0.165. The summed E-state index contributed by atoms with van der Waals surface area (Å²) in [5.74, 6) is -0.326. The van der Waals surface area contributed by atoms with E-state index in [0.29, 0.717) is 27.8 Å². The van der Waals surface area contributed by atoms with E-state index in [1.807, 2.05) is 33.8 Å². The highest BCUT2D eigenvalue weighted by atomic mass is 35.5. The van der Waals surface area contributed by atoms with Crippen molar-refractivity contribution in [3.05, 3.63) is 45.7 Å². The van der Waals surface area contributed by atoms with Crippen molar-refractivity contribution in [1.29, 1.82) is 0 Å². The first-order valence-electron chi connectivity index (χ1n) is 17.5. The second-order valence-electron chi connectivity index (χ2n) is 16.3. The van der Waals surface area contributed by atoms with Crippen LogP contribution in [0.4, 0.5) is 4.79 Å². The number of fused-ring (bicyclic) bond motifs is 7. The molecule has 6 rings (SSSR count).